The quantitative estimate of drug-likeness (QED) is 0.806. The van der Waals surface area contributed by atoms with E-state index in [2.05, 4.69) is 10.0 Å². The molecular formula is C12H20N2O2S2. The van der Waals surface area contributed by atoms with Gasteiger partial charge in [-0.15, -0.1) is 11.3 Å². The average molecular weight is 288 g/mol. The largest absolute Gasteiger partial charge is 0.312 e. The molecule has 1 unspecified atom stereocenters. The fraction of sp³-hybridized carbons (Fsp3) is 0.667. The molecule has 18 heavy (non-hydrogen) atoms. The number of rotatable bonds is 7. The van der Waals surface area contributed by atoms with E-state index in [9.17, 15) is 8.42 Å². The van der Waals surface area contributed by atoms with Crippen LogP contribution in [0.2, 0.25) is 0 Å². The lowest BCUT2D eigenvalue weighted by atomic mass is 10.2. The van der Waals surface area contributed by atoms with Gasteiger partial charge in [0.25, 0.3) is 0 Å². The molecule has 0 spiro atoms. The van der Waals surface area contributed by atoms with Crippen LogP contribution in [0, 0.1) is 5.92 Å². The molecule has 1 fully saturated rings. The Morgan fingerprint density at radius 1 is 1.44 bits per heavy atom. The van der Waals surface area contributed by atoms with Crippen molar-refractivity contribution >= 4 is 21.4 Å². The topological polar surface area (TPSA) is 58.2 Å². The van der Waals surface area contributed by atoms with Gasteiger partial charge >= 0.3 is 0 Å². The van der Waals surface area contributed by atoms with E-state index in [4.69, 9.17) is 0 Å². The average Bonchev–Trinajstić information content (AvgIpc) is 3.05. The summed E-state index contributed by atoms with van der Waals surface area (Å²) in [6.45, 7) is 5.60. The van der Waals surface area contributed by atoms with Crippen molar-refractivity contribution in [2.24, 2.45) is 5.92 Å². The Balaban J connectivity index is 2.01. The molecule has 0 bridgehead atoms. The standard InChI is InChI=1S/C12H20N2O2S2/c1-3-13-8-11-6-7-12(17-11)18(15,16)14-9(2)10-4-5-10/h6-7,9-10,13-14H,3-5,8H2,1-2H3. The predicted molar refractivity (Wildman–Crippen MR) is 74.2 cm³/mol. The lowest BCUT2D eigenvalue weighted by molar-refractivity contribution is 0.539. The highest BCUT2D eigenvalue weighted by atomic mass is 32.2. The number of thiophene rings is 1. The van der Waals surface area contributed by atoms with Gasteiger partial charge in [-0.1, -0.05) is 6.92 Å². The Labute approximate surface area is 113 Å². The molecule has 2 rings (SSSR count). The van der Waals surface area contributed by atoms with Gasteiger partial charge in [0.05, 0.1) is 0 Å². The maximum absolute atomic E-state index is 12.1. The molecule has 1 aromatic rings. The van der Waals surface area contributed by atoms with Gasteiger partial charge in [-0.05, 0) is 44.4 Å². The van der Waals surface area contributed by atoms with Gasteiger partial charge in [-0.3, -0.25) is 0 Å². The van der Waals surface area contributed by atoms with Crippen molar-refractivity contribution in [3.63, 3.8) is 0 Å². The second-order valence-electron chi connectivity index (χ2n) is 4.75. The summed E-state index contributed by atoms with van der Waals surface area (Å²) in [5.41, 5.74) is 0. The highest BCUT2D eigenvalue weighted by Gasteiger charge is 2.31. The van der Waals surface area contributed by atoms with E-state index in [0.29, 0.717) is 10.1 Å². The zero-order valence-electron chi connectivity index (χ0n) is 10.8. The molecule has 0 aliphatic heterocycles. The molecule has 1 saturated carbocycles. The summed E-state index contributed by atoms with van der Waals surface area (Å²) in [6, 6.07) is 3.62. The molecule has 1 atom stereocenters. The molecule has 1 aliphatic carbocycles. The first kappa shape index (κ1) is 14.0. The number of sulfonamides is 1. The van der Waals surface area contributed by atoms with Crippen molar-refractivity contribution < 1.29 is 8.42 Å². The number of nitrogens with one attached hydrogen (secondary N) is 2. The van der Waals surface area contributed by atoms with Crippen molar-refractivity contribution in [2.45, 2.75) is 43.5 Å². The summed E-state index contributed by atoms with van der Waals surface area (Å²) >= 11 is 1.34. The molecule has 1 aromatic heterocycles. The van der Waals surface area contributed by atoms with E-state index < -0.39 is 10.0 Å². The third-order valence-electron chi connectivity index (χ3n) is 3.12. The zero-order valence-corrected chi connectivity index (χ0v) is 12.4. The van der Waals surface area contributed by atoms with Crippen molar-refractivity contribution in [3.05, 3.63) is 17.0 Å². The van der Waals surface area contributed by atoms with Crippen molar-refractivity contribution in [1.82, 2.24) is 10.0 Å². The molecular weight excluding hydrogens is 268 g/mol. The van der Waals surface area contributed by atoms with Crippen LogP contribution in [0.4, 0.5) is 0 Å². The molecule has 0 aromatic carbocycles. The maximum Gasteiger partial charge on any atom is 0.250 e. The summed E-state index contributed by atoms with van der Waals surface area (Å²) in [4.78, 5) is 1.05. The maximum atomic E-state index is 12.1. The van der Waals surface area contributed by atoms with E-state index in [1.165, 1.54) is 11.3 Å². The summed E-state index contributed by atoms with van der Waals surface area (Å²) in [5, 5.41) is 3.19. The Hall–Kier alpha value is -0.430. The predicted octanol–water partition coefficient (Wildman–Crippen LogP) is 1.93. The Bertz CT molecular complexity index is 492. The third-order valence-corrected chi connectivity index (χ3v) is 6.26. The molecule has 102 valence electrons. The highest BCUT2D eigenvalue weighted by Crippen LogP contribution is 2.33. The highest BCUT2D eigenvalue weighted by molar-refractivity contribution is 7.91. The molecule has 0 saturated heterocycles. The molecule has 4 nitrogen and oxygen atoms in total. The van der Waals surface area contributed by atoms with Gasteiger partial charge in [0.15, 0.2) is 0 Å². The monoisotopic (exact) mass is 288 g/mol. The molecule has 6 heteroatoms. The number of hydrogen-bond donors (Lipinski definition) is 2. The van der Waals surface area contributed by atoms with Gasteiger partial charge in [0.1, 0.15) is 4.21 Å². The van der Waals surface area contributed by atoms with E-state index in [1.54, 1.807) is 6.07 Å². The normalized spacial score (nSPS) is 17.9. The Morgan fingerprint density at radius 3 is 2.78 bits per heavy atom. The fourth-order valence-corrected chi connectivity index (χ4v) is 4.50. The van der Waals surface area contributed by atoms with Crippen LogP contribution in [0.5, 0.6) is 0 Å². The Kier molecular flexibility index (Phi) is 4.42. The minimum atomic E-state index is -3.33. The van der Waals surface area contributed by atoms with Gasteiger partial charge < -0.3 is 5.32 Å². The van der Waals surface area contributed by atoms with Crippen LogP contribution < -0.4 is 10.0 Å². The second-order valence-corrected chi connectivity index (χ2v) is 7.86. The first-order chi connectivity index (χ1) is 8.53. The first-order valence-electron chi connectivity index (χ1n) is 6.34. The summed E-state index contributed by atoms with van der Waals surface area (Å²) in [7, 11) is -3.33. The van der Waals surface area contributed by atoms with Crippen LogP contribution in [0.1, 0.15) is 31.6 Å². The lowest BCUT2D eigenvalue weighted by Crippen LogP contribution is -2.33. The first-order valence-corrected chi connectivity index (χ1v) is 8.64. The van der Waals surface area contributed by atoms with Crippen molar-refractivity contribution in [2.75, 3.05) is 6.54 Å². The summed E-state index contributed by atoms with van der Waals surface area (Å²) in [6.07, 6.45) is 2.28. The molecule has 2 N–H and O–H groups in total. The van der Waals surface area contributed by atoms with Gasteiger partial charge in [0.2, 0.25) is 10.0 Å². The van der Waals surface area contributed by atoms with Gasteiger partial charge in [-0.2, -0.15) is 0 Å². The SMILES string of the molecule is CCNCc1ccc(S(=O)(=O)NC(C)C2CC2)s1. The van der Waals surface area contributed by atoms with Crippen molar-refractivity contribution in [1.29, 1.82) is 0 Å². The van der Waals surface area contributed by atoms with Crippen LogP contribution in [0.15, 0.2) is 16.3 Å². The van der Waals surface area contributed by atoms with E-state index >= 15 is 0 Å². The van der Waals surface area contributed by atoms with Crippen LogP contribution in [0.25, 0.3) is 0 Å². The van der Waals surface area contributed by atoms with Crippen molar-refractivity contribution in [3.8, 4) is 0 Å². The van der Waals surface area contributed by atoms with Crippen LogP contribution in [0.3, 0.4) is 0 Å². The van der Waals surface area contributed by atoms with E-state index in [1.807, 2.05) is 19.9 Å². The molecule has 1 heterocycles. The fourth-order valence-electron chi connectivity index (χ4n) is 1.84. The van der Waals surface area contributed by atoms with E-state index in [-0.39, 0.29) is 6.04 Å². The smallest absolute Gasteiger partial charge is 0.250 e. The molecule has 0 radical (unpaired) electrons. The minimum absolute atomic E-state index is 0.0503. The second kappa shape index (κ2) is 5.69. The summed E-state index contributed by atoms with van der Waals surface area (Å²) in [5.74, 6) is 0.529. The van der Waals surface area contributed by atoms with Crippen LogP contribution >= 0.6 is 11.3 Å². The van der Waals surface area contributed by atoms with E-state index in [0.717, 1.165) is 30.8 Å². The third kappa shape index (κ3) is 3.54. The lowest BCUT2D eigenvalue weighted by Gasteiger charge is -2.11. The Morgan fingerprint density at radius 2 is 2.17 bits per heavy atom. The molecule has 0 amide bonds. The number of hydrogen-bond acceptors (Lipinski definition) is 4. The summed E-state index contributed by atoms with van der Waals surface area (Å²) < 4.78 is 27.5. The van der Waals surface area contributed by atoms with Gasteiger partial charge in [-0.25, -0.2) is 13.1 Å². The van der Waals surface area contributed by atoms with Crippen LogP contribution in [-0.4, -0.2) is 21.0 Å². The molecule has 1 aliphatic rings. The zero-order chi connectivity index (χ0) is 13.2. The van der Waals surface area contributed by atoms with Crippen LogP contribution in [-0.2, 0) is 16.6 Å². The van der Waals surface area contributed by atoms with Gasteiger partial charge in [0, 0.05) is 17.5 Å². The minimum Gasteiger partial charge on any atom is -0.312 e.